The number of carbonyl (C=O) groups excluding carboxylic acids is 1. The highest BCUT2D eigenvalue weighted by atomic mass is 16.1. The minimum atomic E-state index is -0.153. The zero-order chi connectivity index (χ0) is 18.0. The van der Waals surface area contributed by atoms with Crippen molar-refractivity contribution in [2.75, 3.05) is 23.3 Å². The van der Waals surface area contributed by atoms with Gasteiger partial charge in [0, 0.05) is 49.1 Å². The topological polar surface area (TPSA) is 98.8 Å². The number of hydrogen-bond donors (Lipinski definition) is 3. The molecule has 25 heavy (non-hydrogen) atoms. The summed E-state index contributed by atoms with van der Waals surface area (Å²) in [5, 5.41) is 13.4. The second-order valence-corrected chi connectivity index (χ2v) is 6.98. The molecule has 0 aliphatic carbocycles. The van der Waals surface area contributed by atoms with Crippen molar-refractivity contribution in [1.29, 1.82) is 0 Å². The van der Waals surface area contributed by atoms with E-state index < -0.39 is 0 Å². The summed E-state index contributed by atoms with van der Waals surface area (Å²) < 4.78 is 0. The largest absolute Gasteiger partial charge is 0.351 e. The molecule has 0 radical (unpaired) electrons. The number of aryl methyl sites for hydroxylation is 2. The zero-order valence-electron chi connectivity index (χ0n) is 15.2. The molecule has 134 valence electrons. The minimum absolute atomic E-state index is 0.0172. The third kappa shape index (κ3) is 4.26. The second-order valence-electron chi connectivity index (χ2n) is 6.98. The van der Waals surface area contributed by atoms with Crippen molar-refractivity contribution < 1.29 is 4.79 Å². The summed E-state index contributed by atoms with van der Waals surface area (Å²) in [5.74, 6) is 2.19. The third-order valence-corrected chi connectivity index (χ3v) is 4.43. The first kappa shape index (κ1) is 17.2. The highest BCUT2D eigenvalue weighted by Crippen LogP contribution is 2.25. The highest BCUT2D eigenvalue weighted by Gasteiger charge is 2.31. The summed E-state index contributed by atoms with van der Waals surface area (Å²) in [4.78, 5) is 22.7. The van der Waals surface area contributed by atoms with E-state index in [0.29, 0.717) is 5.95 Å². The van der Waals surface area contributed by atoms with Crippen LogP contribution in [0.2, 0.25) is 0 Å². The quantitative estimate of drug-likeness (QED) is 0.786. The standard InChI is InChI=1S/C17H25N7O/c1-11-9-14(19-15-10-12(2)22-23-15)20-16(18-11)24-7-5-17(4,6-8-24)21-13(3)25/h9-10H,5-8H2,1-4H3,(H,21,25)(H2,18,19,20,22,23). The Hall–Kier alpha value is -2.64. The molecule has 0 unspecified atom stereocenters. The van der Waals surface area contributed by atoms with E-state index in [9.17, 15) is 4.79 Å². The zero-order valence-corrected chi connectivity index (χ0v) is 15.2. The van der Waals surface area contributed by atoms with Crippen molar-refractivity contribution in [1.82, 2.24) is 25.5 Å². The fourth-order valence-electron chi connectivity index (χ4n) is 3.12. The van der Waals surface area contributed by atoms with Crippen LogP contribution in [0.4, 0.5) is 17.6 Å². The van der Waals surface area contributed by atoms with Gasteiger partial charge in [-0.1, -0.05) is 0 Å². The first-order chi connectivity index (χ1) is 11.8. The maximum atomic E-state index is 11.4. The summed E-state index contributed by atoms with van der Waals surface area (Å²) in [7, 11) is 0. The number of carbonyl (C=O) groups is 1. The first-order valence-corrected chi connectivity index (χ1v) is 8.51. The normalized spacial score (nSPS) is 16.6. The third-order valence-electron chi connectivity index (χ3n) is 4.43. The van der Waals surface area contributed by atoms with E-state index in [1.807, 2.05) is 26.0 Å². The smallest absolute Gasteiger partial charge is 0.227 e. The highest BCUT2D eigenvalue weighted by molar-refractivity contribution is 5.73. The summed E-state index contributed by atoms with van der Waals surface area (Å²) in [5.41, 5.74) is 1.73. The minimum Gasteiger partial charge on any atom is -0.351 e. The van der Waals surface area contributed by atoms with Crippen molar-refractivity contribution in [3.8, 4) is 0 Å². The van der Waals surface area contributed by atoms with E-state index in [2.05, 4.69) is 42.6 Å². The van der Waals surface area contributed by atoms with Crippen molar-refractivity contribution >= 4 is 23.5 Å². The maximum absolute atomic E-state index is 11.4. The Morgan fingerprint density at radius 2 is 1.92 bits per heavy atom. The number of rotatable bonds is 4. The van der Waals surface area contributed by atoms with Gasteiger partial charge in [0.25, 0.3) is 0 Å². The van der Waals surface area contributed by atoms with Crippen molar-refractivity contribution in [3.63, 3.8) is 0 Å². The molecule has 3 N–H and O–H groups in total. The number of nitrogens with one attached hydrogen (secondary N) is 3. The van der Waals surface area contributed by atoms with E-state index in [4.69, 9.17) is 0 Å². The van der Waals surface area contributed by atoms with Crippen LogP contribution in [0.1, 0.15) is 38.1 Å². The number of aromatic nitrogens is 4. The molecular formula is C17H25N7O. The van der Waals surface area contributed by atoms with Gasteiger partial charge in [0.05, 0.1) is 0 Å². The van der Waals surface area contributed by atoms with E-state index >= 15 is 0 Å². The predicted octanol–water partition coefficient (Wildman–Crippen LogP) is 2.06. The van der Waals surface area contributed by atoms with Crippen molar-refractivity contribution in [3.05, 3.63) is 23.5 Å². The Morgan fingerprint density at radius 3 is 2.52 bits per heavy atom. The van der Waals surface area contributed by atoms with Gasteiger partial charge < -0.3 is 15.5 Å². The Balaban J connectivity index is 1.72. The van der Waals surface area contributed by atoms with Gasteiger partial charge in [-0.3, -0.25) is 9.89 Å². The van der Waals surface area contributed by atoms with Crippen LogP contribution in [-0.2, 0) is 4.79 Å². The van der Waals surface area contributed by atoms with Gasteiger partial charge in [-0.15, -0.1) is 0 Å². The Kier molecular flexibility index (Phi) is 4.61. The fraction of sp³-hybridized carbons (Fsp3) is 0.529. The lowest BCUT2D eigenvalue weighted by Crippen LogP contribution is -2.53. The molecule has 0 atom stereocenters. The Bertz CT molecular complexity index is 762. The molecule has 0 bridgehead atoms. The van der Waals surface area contributed by atoms with Gasteiger partial charge in [-0.2, -0.15) is 10.1 Å². The second kappa shape index (κ2) is 6.70. The van der Waals surface area contributed by atoms with Crippen molar-refractivity contribution in [2.24, 2.45) is 0 Å². The summed E-state index contributed by atoms with van der Waals surface area (Å²) in [6.07, 6.45) is 1.73. The average molecular weight is 343 g/mol. The number of H-pyrrole nitrogens is 1. The van der Waals surface area contributed by atoms with Crippen LogP contribution in [0, 0.1) is 13.8 Å². The van der Waals surface area contributed by atoms with Crippen LogP contribution < -0.4 is 15.5 Å². The van der Waals surface area contributed by atoms with E-state index in [0.717, 1.165) is 49.0 Å². The molecule has 1 amide bonds. The predicted molar refractivity (Wildman–Crippen MR) is 97.0 cm³/mol. The fourth-order valence-corrected chi connectivity index (χ4v) is 3.12. The molecule has 2 aromatic heterocycles. The summed E-state index contributed by atoms with van der Waals surface area (Å²) in [6, 6.07) is 3.83. The molecule has 2 aromatic rings. The number of anilines is 3. The van der Waals surface area contributed by atoms with Gasteiger partial charge in [-0.05, 0) is 33.6 Å². The molecular weight excluding hydrogens is 318 g/mol. The SMILES string of the molecule is CC(=O)NC1(C)CCN(c2nc(C)cc(Nc3cc(C)[nH]n3)n2)CC1. The van der Waals surface area contributed by atoms with Crippen LogP contribution in [-0.4, -0.2) is 44.7 Å². The Morgan fingerprint density at radius 1 is 1.20 bits per heavy atom. The number of hydrogen-bond acceptors (Lipinski definition) is 6. The van der Waals surface area contributed by atoms with Crippen LogP contribution >= 0.6 is 0 Å². The van der Waals surface area contributed by atoms with Crippen LogP contribution in [0.5, 0.6) is 0 Å². The van der Waals surface area contributed by atoms with Crippen LogP contribution in [0.3, 0.4) is 0 Å². The number of nitrogens with zero attached hydrogens (tertiary/aromatic N) is 4. The molecule has 0 spiro atoms. The monoisotopic (exact) mass is 343 g/mol. The molecule has 8 nitrogen and oxygen atoms in total. The van der Waals surface area contributed by atoms with Crippen LogP contribution in [0.25, 0.3) is 0 Å². The van der Waals surface area contributed by atoms with Gasteiger partial charge >= 0.3 is 0 Å². The van der Waals surface area contributed by atoms with Gasteiger partial charge in [0.2, 0.25) is 11.9 Å². The maximum Gasteiger partial charge on any atom is 0.227 e. The van der Waals surface area contributed by atoms with E-state index in [1.165, 1.54) is 0 Å². The molecule has 3 rings (SSSR count). The molecule has 1 aliphatic heterocycles. The van der Waals surface area contributed by atoms with Crippen molar-refractivity contribution in [2.45, 2.75) is 46.1 Å². The van der Waals surface area contributed by atoms with Gasteiger partial charge in [0.15, 0.2) is 5.82 Å². The first-order valence-electron chi connectivity index (χ1n) is 8.51. The molecule has 1 aliphatic rings. The van der Waals surface area contributed by atoms with Crippen LogP contribution in [0.15, 0.2) is 12.1 Å². The van der Waals surface area contributed by atoms with E-state index in [-0.39, 0.29) is 11.4 Å². The number of piperidine rings is 1. The van der Waals surface area contributed by atoms with Gasteiger partial charge in [0.1, 0.15) is 5.82 Å². The lowest BCUT2D eigenvalue weighted by Gasteiger charge is -2.39. The number of amides is 1. The molecule has 8 heteroatoms. The number of aromatic amines is 1. The lowest BCUT2D eigenvalue weighted by atomic mass is 9.89. The molecule has 3 heterocycles. The molecule has 0 saturated carbocycles. The summed E-state index contributed by atoms with van der Waals surface area (Å²) in [6.45, 7) is 9.18. The molecule has 1 fully saturated rings. The molecule has 1 saturated heterocycles. The van der Waals surface area contributed by atoms with E-state index in [1.54, 1.807) is 6.92 Å². The lowest BCUT2D eigenvalue weighted by molar-refractivity contribution is -0.120. The Labute approximate surface area is 147 Å². The van der Waals surface area contributed by atoms with Gasteiger partial charge in [-0.25, -0.2) is 4.98 Å². The summed E-state index contributed by atoms with van der Waals surface area (Å²) >= 11 is 0. The average Bonchev–Trinajstić information content (AvgIpc) is 2.91. The molecule has 0 aromatic carbocycles.